The van der Waals surface area contributed by atoms with Gasteiger partial charge in [-0.3, -0.25) is 24.1 Å². The number of carbonyl (C=O) groups excluding carboxylic acids is 4. The first-order valence-electron chi connectivity index (χ1n) is 8.39. The van der Waals surface area contributed by atoms with E-state index in [4.69, 9.17) is 22.1 Å². The van der Waals surface area contributed by atoms with E-state index in [1.165, 1.54) is 18.2 Å². The van der Waals surface area contributed by atoms with Crippen LogP contribution in [-0.2, 0) is 9.59 Å². The Morgan fingerprint density at radius 3 is 2.48 bits per heavy atom. The van der Waals surface area contributed by atoms with E-state index in [0.29, 0.717) is 21.9 Å². The number of rotatable bonds is 7. The lowest BCUT2D eigenvalue weighted by molar-refractivity contribution is -0.122. The summed E-state index contributed by atoms with van der Waals surface area (Å²) in [6, 6.07) is 12.9. The molecule has 1 aliphatic rings. The monoisotopic (exact) mass is 430 g/mol. The van der Waals surface area contributed by atoms with Crippen LogP contribution in [0, 0.1) is 0 Å². The van der Waals surface area contributed by atoms with Gasteiger partial charge in [-0.25, -0.2) is 0 Å². The molecule has 0 aliphatic carbocycles. The number of para-hydroxylation sites is 1. The molecule has 3 rings (SSSR count). The van der Waals surface area contributed by atoms with Crippen molar-refractivity contribution >= 4 is 52.3 Å². The van der Waals surface area contributed by atoms with Crippen molar-refractivity contribution in [2.24, 2.45) is 5.73 Å². The molecule has 0 radical (unpaired) electrons. The summed E-state index contributed by atoms with van der Waals surface area (Å²) in [4.78, 5) is 49.3. The number of nitrogens with zero attached hydrogens (tertiary/aromatic N) is 1. The van der Waals surface area contributed by atoms with Crippen LogP contribution in [0.3, 0.4) is 0 Å². The second-order valence-corrected chi connectivity index (χ2v) is 7.42. The Labute approximate surface area is 175 Å². The smallest absolute Gasteiger partial charge is 0.293 e. The van der Waals surface area contributed by atoms with Crippen LogP contribution in [-0.4, -0.2) is 40.9 Å². The summed E-state index contributed by atoms with van der Waals surface area (Å²) in [5.74, 6) is -1.25. The molecule has 2 aromatic rings. The molecule has 3 amide bonds. The van der Waals surface area contributed by atoms with Crippen molar-refractivity contribution in [3.63, 3.8) is 0 Å². The largest absolute Gasteiger partial charge is 0.483 e. The number of primary amides is 1. The average Bonchev–Trinajstić information content (AvgIpc) is 2.95. The summed E-state index contributed by atoms with van der Waals surface area (Å²) >= 11 is 6.53. The predicted molar refractivity (Wildman–Crippen MR) is 110 cm³/mol. The summed E-state index contributed by atoms with van der Waals surface area (Å²) in [6.45, 7) is -0.689. The van der Waals surface area contributed by atoms with E-state index < -0.39 is 17.1 Å². The molecule has 29 heavy (non-hydrogen) atoms. The number of ether oxygens (including phenoxy) is 1. The second-order valence-electron chi connectivity index (χ2n) is 5.99. The average molecular weight is 431 g/mol. The van der Waals surface area contributed by atoms with Crippen LogP contribution in [0.5, 0.6) is 5.75 Å². The molecule has 0 atom stereocenters. The van der Waals surface area contributed by atoms with E-state index in [-0.39, 0.29) is 23.8 Å². The molecule has 2 aromatic carbocycles. The van der Waals surface area contributed by atoms with Crippen molar-refractivity contribution in [3.05, 3.63) is 69.6 Å². The zero-order chi connectivity index (χ0) is 21.0. The quantitative estimate of drug-likeness (QED) is 0.534. The van der Waals surface area contributed by atoms with Gasteiger partial charge in [0.15, 0.2) is 12.4 Å². The number of halogens is 1. The molecular weight excluding hydrogens is 416 g/mol. The Hall–Kier alpha value is -3.10. The lowest BCUT2D eigenvalue weighted by atomic mass is 10.1. The summed E-state index contributed by atoms with van der Waals surface area (Å²) < 4.78 is 5.33. The maximum Gasteiger partial charge on any atom is 0.293 e. The molecular formula is C20H15ClN2O5S. The lowest BCUT2D eigenvalue weighted by Crippen LogP contribution is -2.33. The fraction of sp³-hybridized carbons (Fsp3) is 0.100. The Morgan fingerprint density at radius 2 is 1.79 bits per heavy atom. The number of hydrogen-bond acceptors (Lipinski definition) is 6. The van der Waals surface area contributed by atoms with Crippen LogP contribution >= 0.6 is 23.4 Å². The second kappa shape index (κ2) is 8.93. The molecule has 1 saturated heterocycles. The number of ketones is 1. The molecule has 7 nitrogen and oxygen atoms in total. The van der Waals surface area contributed by atoms with Gasteiger partial charge in [0.1, 0.15) is 5.75 Å². The topological polar surface area (TPSA) is 107 Å². The lowest BCUT2D eigenvalue weighted by Gasteiger charge is -2.11. The Balaban J connectivity index is 1.77. The minimum absolute atomic E-state index is 0.147. The van der Waals surface area contributed by atoms with Gasteiger partial charge in [0.2, 0.25) is 0 Å². The van der Waals surface area contributed by atoms with Crippen molar-refractivity contribution in [1.82, 2.24) is 4.90 Å². The first-order valence-corrected chi connectivity index (χ1v) is 9.59. The Bertz CT molecular complexity index is 1020. The maximum atomic E-state index is 12.6. The van der Waals surface area contributed by atoms with Gasteiger partial charge in [-0.05, 0) is 48.2 Å². The molecule has 0 spiro atoms. The molecule has 1 heterocycles. The molecule has 148 valence electrons. The predicted octanol–water partition coefficient (Wildman–Crippen LogP) is 3.12. The van der Waals surface area contributed by atoms with Gasteiger partial charge in [0.05, 0.1) is 11.4 Å². The first kappa shape index (κ1) is 20.6. The molecule has 0 saturated carbocycles. The number of carbonyl (C=O) groups is 4. The number of imide groups is 1. The van der Waals surface area contributed by atoms with E-state index in [1.807, 2.05) is 0 Å². The van der Waals surface area contributed by atoms with Gasteiger partial charge in [-0.1, -0.05) is 29.8 Å². The highest BCUT2D eigenvalue weighted by atomic mass is 35.5. The third-order valence-corrected chi connectivity index (χ3v) is 5.08. The number of Topliss-reactive ketones (excluding diaryl/α,β-unsaturated/α-hetero) is 1. The summed E-state index contributed by atoms with van der Waals surface area (Å²) in [5, 5.41) is -0.0630. The normalized spacial score (nSPS) is 15.1. The van der Waals surface area contributed by atoms with E-state index in [0.717, 1.165) is 16.7 Å². The van der Waals surface area contributed by atoms with Crippen molar-refractivity contribution in [1.29, 1.82) is 0 Å². The molecule has 0 bridgehead atoms. The van der Waals surface area contributed by atoms with Gasteiger partial charge >= 0.3 is 0 Å². The van der Waals surface area contributed by atoms with Gasteiger partial charge in [-0.15, -0.1) is 0 Å². The van der Waals surface area contributed by atoms with Crippen LogP contribution in [0.25, 0.3) is 6.08 Å². The van der Waals surface area contributed by atoms with E-state index in [1.54, 1.807) is 36.4 Å². The number of hydrogen-bond donors (Lipinski definition) is 1. The zero-order valence-corrected chi connectivity index (χ0v) is 16.5. The van der Waals surface area contributed by atoms with E-state index in [9.17, 15) is 19.2 Å². The molecule has 1 fully saturated rings. The maximum absolute atomic E-state index is 12.6. The fourth-order valence-electron chi connectivity index (χ4n) is 2.53. The molecule has 0 aromatic heterocycles. The van der Waals surface area contributed by atoms with Crippen LogP contribution in [0.15, 0.2) is 53.4 Å². The molecule has 2 N–H and O–H groups in total. The highest BCUT2D eigenvalue weighted by Crippen LogP contribution is 2.34. The van der Waals surface area contributed by atoms with Crippen molar-refractivity contribution < 1.29 is 23.9 Å². The number of benzene rings is 2. The SMILES string of the molecule is NC(=O)COc1ccccc1/C=C1/SC(=O)N(CC(=O)c2ccc(Cl)cc2)C1=O. The van der Waals surface area contributed by atoms with Crippen LogP contribution < -0.4 is 10.5 Å². The number of nitrogens with two attached hydrogens (primary N) is 1. The van der Waals surface area contributed by atoms with E-state index >= 15 is 0 Å². The highest BCUT2D eigenvalue weighted by Gasteiger charge is 2.36. The highest BCUT2D eigenvalue weighted by molar-refractivity contribution is 8.18. The van der Waals surface area contributed by atoms with Crippen molar-refractivity contribution in [2.45, 2.75) is 0 Å². The van der Waals surface area contributed by atoms with Crippen molar-refractivity contribution in [3.8, 4) is 5.75 Å². The molecule has 1 aliphatic heterocycles. The third kappa shape index (κ3) is 5.04. The van der Waals surface area contributed by atoms with E-state index in [2.05, 4.69) is 0 Å². The summed E-state index contributed by atoms with van der Waals surface area (Å²) in [7, 11) is 0. The molecule has 9 heteroatoms. The fourth-order valence-corrected chi connectivity index (χ4v) is 3.48. The minimum atomic E-state index is -0.638. The van der Waals surface area contributed by atoms with Crippen LogP contribution in [0.1, 0.15) is 15.9 Å². The minimum Gasteiger partial charge on any atom is -0.483 e. The van der Waals surface area contributed by atoms with Crippen LogP contribution in [0.4, 0.5) is 4.79 Å². The van der Waals surface area contributed by atoms with Gasteiger partial charge in [0.25, 0.3) is 17.1 Å². The van der Waals surface area contributed by atoms with Crippen molar-refractivity contribution in [2.75, 3.05) is 13.2 Å². The molecule has 0 unspecified atom stereocenters. The summed E-state index contributed by atoms with van der Waals surface area (Å²) in [5.41, 5.74) is 5.94. The Morgan fingerprint density at radius 1 is 1.10 bits per heavy atom. The first-order chi connectivity index (χ1) is 13.8. The number of amides is 3. The van der Waals surface area contributed by atoms with Crippen LogP contribution in [0.2, 0.25) is 5.02 Å². The zero-order valence-electron chi connectivity index (χ0n) is 15.0. The summed E-state index contributed by atoms with van der Waals surface area (Å²) in [6.07, 6.45) is 1.48. The third-order valence-electron chi connectivity index (χ3n) is 3.92. The van der Waals surface area contributed by atoms with Gasteiger partial charge < -0.3 is 10.5 Å². The van der Waals surface area contributed by atoms with Gasteiger partial charge in [0, 0.05) is 16.1 Å². The standard InChI is InChI=1S/C20H15ClN2O5S/c21-14-7-5-12(6-8-14)15(24)10-23-19(26)17(29-20(23)27)9-13-3-1-2-4-16(13)28-11-18(22)25/h1-9H,10-11H2,(H2,22,25)/b17-9+. The van der Waals surface area contributed by atoms with Gasteiger partial charge in [-0.2, -0.15) is 0 Å². The Kier molecular flexibility index (Phi) is 6.36. The number of thioether (sulfide) groups is 1.